The maximum Gasteiger partial charge on any atom is 0.191 e. The normalized spacial score (nSPS) is 20.8. The van der Waals surface area contributed by atoms with Crippen LogP contribution in [-0.4, -0.2) is 35.5 Å². The van der Waals surface area contributed by atoms with Gasteiger partial charge in [0.15, 0.2) is 5.96 Å². The molecule has 1 atom stereocenters. The number of piperidine rings is 1. The Morgan fingerprint density at radius 1 is 1.63 bits per heavy atom. The third kappa shape index (κ3) is 4.20. The van der Waals surface area contributed by atoms with Crippen molar-refractivity contribution in [3.63, 3.8) is 0 Å². The fourth-order valence-electron chi connectivity index (χ4n) is 2.39. The number of likely N-dealkylation sites (tertiary alicyclic amines) is 1. The standard InChI is InChI=1S/C14H24N4S/c1-3-12-9-17-13(19-12)6-7-16-14(15)18-8-4-5-11(2)10-18/h9,11H,3-8,10H2,1-2H3,(H2,15,16). The first-order chi connectivity index (χ1) is 9.19. The quantitative estimate of drug-likeness (QED) is 0.680. The molecule has 5 heteroatoms. The van der Waals surface area contributed by atoms with E-state index in [0.29, 0.717) is 5.96 Å². The molecule has 19 heavy (non-hydrogen) atoms. The van der Waals surface area contributed by atoms with Gasteiger partial charge in [0.25, 0.3) is 0 Å². The summed E-state index contributed by atoms with van der Waals surface area (Å²) in [6.07, 6.45) is 6.47. The van der Waals surface area contributed by atoms with Gasteiger partial charge in [0.1, 0.15) is 0 Å². The zero-order chi connectivity index (χ0) is 13.7. The molecule has 2 N–H and O–H groups in total. The zero-order valence-corrected chi connectivity index (χ0v) is 12.7. The van der Waals surface area contributed by atoms with Crippen LogP contribution in [-0.2, 0) is 12.8 Å². The van der Waals surface area contributed by atoms with Crippen LogP contribution in [0.15, 0.2) is 11.2 Å². The third-order valence-electron chi connectivity index (χ3n) is 3.53. The Hall–Kier alpha value is -1.10. The van der Waals surface area contributed by atoms with Crippen LogP contribution in [0.5, 0.6) is 0 Å². The van der Waals surface area contributed by atoms with E-state index in [2.05, 4.69) is 28.7 Å². The van der Waals surface area contributed by atoms with Gasteiger partial charge < -0.3 is 10.6 Å². The lowest BCUT2D eigenvalue weighted by Gasteiger charge is -2.31. The molecule has 0 aliphatic carbocycles. The molecular formula is C14H24N4S. The van der Waals surface area contributed by atoms with Crippen LogP contribution in [0.4, 0.5) is 0 Å². The fraction of sp³-hybridized carbons (Fsp3) is 0.714. The topological polar surface area (TPSA) is 54.5 Å². The summed E-state index contributed by atoms with van der Waals surface area (Å²) in [5, 5.41) is 1.17. The van der Waals surface area contributed by atoms with Crippen LogP contribution in [0.2, 0.25) is 0 Å². The van der Waals surface area contributed by atoms with E-state index in [0.717, 1.165) is 38.4 Å². The van der Waals surface area contributed by atoms with E-state index in [1.807, 2.05) is 6.20 Å². The average molecular weight is 280 g/mol. The van der Waals surface area contributed by atoms with Gasteiger partial charge in [-0.3, -0.25) is 4.99 Å². The van der Waals surface area contributed by atoms with E-state index in [9.17, 15) is 0 Å². The molecule has 4 nitrogen and oxygen atoms in total. The third-order valence-corrected chi connectivity index (χ3v) is 4.73. The molecule has 0 bridgehead atoms. The minimum atomic E-state index is 0.707. The number of aromatic nitrogens is 1. The van der Waals surface area contributed by atoms with E-state index in [1.165, 1.54) is 22.7 Å². The molecule has 2 rings (SSSR count). The van der Waals surface area contributed by atoms with E-state index in [-0.39, 0.29) is 0 Å². The molecule has 0 spiro atoms. The molecule has 0 saturated carbocycles. The molecule has 1 aromatic heterocycles. The van der Waals surface area contributed by atoms with Crippen LogP contribution >= 0.6 is 11.3 Å². The second-order valence-electron chi connectivity index (χ2n) is 5.26. The molecule has 1 aromatic rings. The molecule has 1 saturated heterocycles. The summed E-state index contributed by atoms with van der Waals surface area (Å²) in [4.78, 5) is 12.5. The fourth-order valence-corrected chi connectivity index (χ4v) is 3.24. The Kier molecular flexibility index (Phi) is 5.19. The molecule has 1 aliphatic rings. The molecule has 0 aromatic carbocycles. The summed E-state index contributed by atoms with van der Waals surface area (Å²) in [6.45, 7) is 7.28. The molecule has 1 unspecified atom stereocenters. The summed E-state index contributed by atoms with van der Waals surface area (Å²) >= 11 is 1.79. The van der Waals surface area contributed by atoms with Gasteiger partial charge >= 0.3 is 0 Å². The van der Waals surface area contributed by atoms with E-state index in [4.69, 9.17) is 5.73 Å². The Bertz CT molecular complexity index is 427. The largest absolute Gasteiger partial charge is 0.370 e. The summed E-state index contributed by atoms with van der Waals surface area (Å²) in [5.41, 5.74) is 6.07. The van der Waals surface area contributed by atoms with E-state index < -0.39 is 0 Å². The maximum absolute atomic E-state index is 6.07. The van der Waals surface area contributed by atoms with E-state index in [1.54, 1.807) is 11.3 Å². The highest BCUT2D eigenvalue weighted by Gasteiger charge is 2.17. The number of hydrogen-bond acceptors (Lipinski definition) is 3. The smallest absolute Gasteiger partial charge is 0.191 e. The Morgan fingerprint density at radius 3 is 3.16 bits per heavy atom. The van der Waals surface area contributed by atoms with Crippen molar-refractivity contribution in [2.75, 3.05) is 19.6 Å². The van der Waals surface area contributed by atoms with E-state index >= 15 is 0 Å². The Labute approximate surface area is 119 Å². The first-order valence-electron chi connectivity index (χ1n) is 7.17. The van der Waals surface area contributed by atoms with Gasteiger partial charge in [-0.2, -0.15) is 0 Å². The van der Waals surface area contributed by atoms with Crippen molar-refractivity contribution in [1.82, 2.24) is 9.88 Å². The second-order valence-corrected chi connectivity index (χ2v) is 6.46. The highest BCUT2D eigenvalue weighted by molar-refractivity contribution is 7.11. The van der Waals surface area contributed by atoms with Crippen molar-refractivity contribution >= 4 is 17.3 Å². The molecule has 0 radical (unpaired) electrons. The van der Waals surface area contributed by atoms with Gasteiger partial charge in [-0.15, -0.1) is 11.3 Å². The van der Waals surface area contributed by atoms with Gasteiger partial charge in [-0.05, 0) is 25.2 Å². The van der Waals surface area contributed by atoms with Crippen LogP contribution in [0.25, 0.3) is 0 Å². The maximum atomic E-state index is 6.07. The summed E-state index contributed by atoms with van der Waals surface area (Å²) in [6, 6.07) is 0. The molecule has 0 amide bonds. The SMILES string of the molecule is CCc1cnc(CCN=C(N)N2CCCC(C)C2)s1. The number of nitrogens with two attached hydrogens (primary N) is 1. The number of aryl methyl sites for hydroxylation is 1. The van der Waals surface area contributed by atoms with Crippen LogP contribution < -0.4 is 5.73 Å². The number of rotatable bonds is 4. The number of aliphatic imine (C=N–C) groups is 1. The summed E-state index contributed by atoms with van der Waals surface area (Å²) in [7, 11) is 0. The van der Waals surface area contributed by atoms with Crippen LogP contribution in [0.1, 0.15) is 36.6 Å². The highest BCUT2D eigenvalue weighted by Crippen LogP contribution is 2.15. The lowest BCUT2D eigenvalue weighted by atomic mass is 10.0. The van der Waals surface area contributed by atoms with Crippen molar-refractivity contribution in [3.05, 3.63) is 16.1 Å². The molecule has 1 aliphatic heterocycles. The van der Waals surface area contributed by atoms with Crippen molar-refractivity contribution < 1.29 is 0 Å². The zero-order valence-electron chi connectivity index (χ0n) is 11.9. The first-order valence-corrected chi connectivity index (χ1v) is 7.99. The van der Waals surface area contributed by atoms with Crippen LogP contribution in [0.3, 0.4) is 0 Å². The van der Waals surface area contributed by atoms with Crippen LogP contribution in [0, 0.1) is 5.92 Å². The van der Waals surface area contributed by atoms with Crippen molar-refractivity contribution in [2.45, 2.75) is 39.5 Å². The highest BCUT2D eigenvalue weighted by atomic mass is 32.1. The molecule has 1 fully saturated rings. The number of guanidine groups is 1. The lowest BCUT2D eigenvalue weighted by Crippen LogP contribution is -2.43. The summed E-state index contributed by atoms with van der Waals surface area (Å²) < 4.78 is 0. The number of nitrogens with zero attached hydrogens (tertiary/aromatic N) is 3. The van der Waals surface area contributed by atoms with Crippen molar-refractivity contribution in [1.29, 1.82) is 0 Å². The first kappa shape index (κ1) is 14.3. The Morgan fingerprint density at radius 2 is 2.47 bits per heavy atom. The summed E-state index contributed by atoms with van der Waals surface area (Å²) in [5.74, 6) is 1.44. The van der Waals surface area contributed by atoms with Gasteiger partial charge in [0, 0.05) is 37.1 Å². The van der Waals surface area contributed by atoms with Gasteiger partial charge in [0.05, 0.1) is 5.01 Å². The molecular weight excluding hydrogens is 256 g/mol. The monoisotopic (exact) mass is 280 g/mol. The van der Waals surface area contributed by atoms with Crippen molar-refractivity contribution in [2.24, 2.45) is 16.6 Å². The molecule has 106 valence electrons. The van der Waals surface area contributed by atoms with Gasteiger partial charge in [0.2, 0.25) is 0 Å². The Balaban J connectivity index is 1.80. The van der Waals surface area contributed by atoms with Gasteiger partial charge in [-0.1, -0.05) is 13.8 Å². The second kappa shape index (κ2) is 6.89. The predicted molar refractivity (Wildman–Crippen MR) is 81.7 cm³/mol. The minimum Gasteiger partial charge on any atom is -0.370 e. The minimum absolute atomic E-state index is 0.707. The number of hydrogen-bond donors (Lipinski definition) is 1. The van der Waals surface area contributed by atoms with Gasteiger partial charge in [-0.25, -0.2) is 4.98 Å². The molecule has 2 heterocycles. The lowest BCUT2D eigenvalue weighted by molar-refractivity contribution is 0.270. The predicted octanol–water partition coefficient (Wildman–Crippen LogP) is 2.29. The average Bonchev–Trinajstić information content (AvgIpc) is 2.86. The number of thiazole rings is 1. The van der Waals surface area contributed by atoms with Crippen molar-refractivity contribution in [3.8, 4) is 0 Å².